The number of rotatable bonds is 6. The summed E-state index contributed by atoms with van der Waals surface area (Å²) in [6, 6.07) is 0. The Morgan fingerprint density at radius 3 is 2.45 bits per heavy atom. The van der Waals surface area contributed by atoms with Gasteiger partial charge in [0.05, 0.1) is 6.54 Å². The zero-order chi connectivity index (χ0) is 22.4. The average molecular weight is 431 g/mol. The van der Waals surface area contributed by atoms with Crippen molar-refractivity contribution in [3.63, 3.8) is 0 Å². The molecule has 0 saturated heterocycles. The summed E-state index contributed by atoms with van der Waals surface area (Å²) in [4.78, 5) is 0. The molecule has 0 aromatic carbocycles. The van der Waals surface area contributed by atoms with E-state index in [1.165, 1.54) is 70.6 Å². The number of nitrogens with zero attached hydrogens (tertiary/aromatic N) is 2. The number of hydrogen-bond acceptors (Lipinski definition) is 3. The quantitative estimate of drug-likeness (QED) is 0.229. The molecule has 0 heterocycles. The number of nitrogens with two attached hydrogens (primary N) is 2. The van der Waals surface area contributed by atoms with Gasteiger partial charge >= 0.3 is 0 Å². The molecule has 0 bridgehead atoms. The van der Waals surface area contributed by atoms with Crippen LogP contribution in [-0.4, -0.2) is 17.5 Å². The first-order valence-electron chi connectivity index (χ1n) is 13.5. The summed E-state index contributed by atoms with van der Waals surface area (Å²) in [5.41, 5.74) is 6.86. The Morgan fingerprint density at radius 2 is 1.74 bits per heavy atom. The van der Waals surface area contributed by atoms with E-state index in [0.29, 0.717) is 22.6 Å². The second kappa shape index (κ2) is 8.88. The lowest BCUT2D eigenvalue weighted by molar-refractivity contribution is -0.122. The zero-order valence-corrected chi connectivity index (χ0v) is 21.1. The third-order valence-corrected chi connectivity index (χ3v) is 11.0. The molecule has 9 unspecified atom stereocenters. The predicted molar refractivity (Wildman–Crippen MR) is 131 cm³/mol. The highest BCUT2D eigenvalue weighted by Crippen LogP contribution is 2.68. The summed E-state index contributed by atoms with van der Waals surface area (Å²) in [6.45, 7) is 12.8. The van der Waals surface area contributed by atoms with Crippen molar-refractivity contribution in [3.05, 3.63) is 0 Å². The minimum absolute atomic E-state index is 0.492. The lowest BCUT2D eigenvalue weighted by atomic mass is 9.44. The monoisotopic (exact) mass is 430 g/mol. The first-order valence-corrected chi connectivity index (χ1v) is 13.5. The number of amidine groups is 1. The van der Waals surface area contributed by atoms with E-state index in [-0.39, 0.29) is 0 Å². The van der Waals surface area contributed by atoms with Crippen LogP contribution in [0.2, 0.25) is 0 Å². The molecule has 0 amide bonds. The van der Waals surface area contributed by atoms with Crippen molar-refractivity contribution in [2.45, 2.75) is 105 Å². The lowest BCUT2D eigenvalue weighted by Gasteiger charge is -2.61. The van der Waals surface area contributed by atoms with Crippen LogP contribution in [0.4, 0.5) is 0 Å². The molecule has 0 aromatic heterocycles. The van der Waals surface area contributed by atoms with Gasteiger partial charge in [-0.05, 0) is 117 Å². The molecule has 0 aromatic rings. The van der Waals surface area contributed by atoms with Crippen molar-refractivity contribution >= 4 is 5.84 Å². The molecule has 0 radical (unpaired) electrons. The van der Waals surface area contributed by atoms with Crippen molar-refractivity contribution in [1.29, 1.82) is 0 Å². The van der Waals surface area contributed by atoms with Gasteiger partial charge in [0, 0.05) is 0 Å². The van der Waals surface area contributed by atoms with Crippen molar-refractivity contribution in [2.24, 2.45) is 68.9 Å². The number of hydrazine groups is 1. The van der Waals surface area contributed by atoms with E-state index >= 15 is 0 Å². The molecule has 4 N–H and O–H groups in total. The van der Waals surface area contributed by atoms with Crippen molar-refractivity contribution in [1.82, 2.24) is 5.12 Å². The Hall–Kier alpha value is -0.770. The van der Waals surface area contributed by atoms with E-state index in [4.69, 9.17) is 11.6 Å². The summed E-state index contributed by atoms with van der Waals surface area (Å²) < 4.78 is 0. The molecular weight excluding hydrogens is 380 g/mol. The van der Waals surface area contributed by atoms with E-state index in [0.717, 1.165) is 42.1 Å². The normalized spacial score (nSPS) is 46.1. The second-order valence-corrected chi connectivity index (χ2v) is 12.7. The summed E-state index contributed by atoms with van der Waals surface area (Å²) in [6.07, 6.45) is 16.1. The second-order valence-electron chi connectivity index (χ2n) is 12.7. The molecule has 4 fully saturated rings. The number of fused-ring (bicyclic) bond motifs is 5. The minimum Gasteiger partial charge on any atom is -0.386 e. The summed E-state index contributed by atoms with van der Waals surface area (Å²) in [7, 11) is 0. The summed E-state index contributed by atoms with van der Waals surface area (Å²) in [5, 5.41) is 5.85. The largest absolute Gasteiger partial charge is 0.386 e. The SMILES string of the molecule is CCCC1CCC2(C)C(CCC3C2CCC2(C)C(C(C)CN(N)/N=C(/C)N)CCC32)C1. The third-order valence-electron chi connectivity index (χ3n) is 11.0. The molecule has 9 atom stereocenters. The van der Waals surface area contributed by atoms with Crippen LogP contribution in [-0.2, 0) is 0 Å². The predicted octanol–water partition coefficient (Wildman–Crippen LogP) is 6.17. The highest BCUT2D eigenvalue weighted by Gasteiger charge is 2.60. The number of hydrogen-bond donors (Lipinski definition) is 2. The van der Waals surface area contributed by atoms with Gasteiger partial charge in [-0.3, -0.25) is 0 Å². The van der Waals surface area contributed by atoms with Crippen molar-refractivity contribution < 1.29 is 0 Å². The summed E-state index contributed by atoms with van der Waals surface area (Å²) >= 11 is 0. The van der Waals surface area contributed by atoms with Gasteiger partial charge in [0.1, 0.15) is 5.84 Å². The van der Waals surface area contributed by atoms with Crippen LogP contribution in [0.1, 0.15) is 105 Å². The van der Waals surface area contributed by atoms with Crippen LogP contribution in [0.3, 0.4) is 0 Å². The van der Waals surface area contributed by atoms with Gasteiger partial charge in [0.2, 0.25) is 0 Å². The first-order chi connectivity index (χ1) is 14.7. The van der Waals surface area contributed by atoms with Gasteiger partial charge in [0.15, 0.2) is 0 Å². The number of hydrazone groups is 1. The molecule has 4 heteroatoms. The topological polar surface area (TPSA) is 67.6 Å². The molecule has 4 rings (SSSR count). The Morgan fingerprint density at radius 1 is 1.03 bits per heavy atom. The van der Waals surface area contributed by atoms with E-state index in [2.05, 4.69) is 32.8 Å². The van der Waals surface area contributed by atoms with Gasteiger partial charge in [-0.25, -0.2) is 11.0 Å². The fourth-order valence-corrected chi connectivity index (χ4v) is 9.66. The highest BCUT2D eigenvalue weighted by atomic mass is 15.6. The molecule has 4 nitrogen and oxygen atoms in total. The fourth-order valence-electron chi connectivity index (χ4n) is 9.66. The summed E-state index contributed by atoms with van der Waals surface area (Å²) in [5.74, 6) is 12.9. The molecule has 4 aliphatic rings. The molecule has 4 aliphatic carbocycles. The molecule has 178 valence electrons. The van der Waals surface area contributed by atoms with Crippen LogP contribution in [0.25, 0.3) is 0 Å². The van der Waals surface area contributed by atoms with Crippen molar-refractivity contribution in [2.75, 3.05) is 6.54 Å². The van der Waals surface area contributed by atoms with Crippen molar-refractivity contribution in [3.8, 4) is 0 Å². The van der Waals surface area contributed by atoms with E-state index in [1.807, 2.05) is 6.92 Å². The van der Waals surface area contributed by atoms with E-state index < -0.39 is 0 Å². The maximum atomic E-state index is 6.15. The van der Waals surface area contributed by atoms with Crippen LogP contribution in [0.15, 0.2) is 5.10 Å². The lowest BCUT2D eigenvalue weighted by Crippen LogP contribution is -2.54. The van der Waals surface area contributed by atoms with Gasteiger partial charge in [-0.2, -0.15) is 0 Å². The minimum atomic E-state index is 0.492. The standard InChI is InChI=1S/C27H50N4/c1-6-7-20-12-14-26(4)21(16-20)8-9-22-24-11-10-23(27(24,5)15-13-25(22)26)18(2)17-31(29)30-19(3)28/h18,20-25H,6-17,29H2,1-5H3,(H2,28,30). The van der Waals surface area contributed by atoms with E-state index in [1.54, 1.807) is 5.12 Å². The van der Waals surface area contributed by atoms with Crippen LogP contribution >= 0.6 is 0 Å². The van der Waals surface area contributed by atoms with Gasteiger partial charge in [-0.1, -0.05) is 40.5 Å². The highest BCUT2D eigenvalue weighted by molar-refractivity contribution is 5.77. The fraction of sp³-hybridized carbons (Fsp3) is 0.963. The third kappa shape index (κ3) is 4.15. The molecule has 0 aliphatic heterocycles. The maximum absolute atomic E-state index is 6.15. The molecular formula is C27H50N4. The maximum Gasteiger partial charge on any atom is 0.118 e. The Labute approximate surface area is 191 Å². The zero-order valence-electron chi connectivity index (χ0n) is 21.1. The molecule has 31 heavy (non-hydrogen) atoms. The van der Waals surface area contributed by atoms with Gasteiger partial charge in [-0.15, -0.1) is 5.10 Å². The molecule has 0 spiro atoms. The van der Waals surface area contributed by atoms with Crippen LogP contribution in [0, 0.1) is 52.3 Å². The Kier molecular flexibility index (Phi) is 6.70. The molecule has 4 saturated carbocycles. The Balaban J connectivity index is 1.46. The Bertz CT molecular complexity index is 658. The van der Waals surface area contributed by atoms with E-state index in [9.17, 15) is 0 Å². The first kappa shape index (κ1) is 23.4. The average Bonchev–Trinajstić information content (AvgIpc) is 3.05. The smallest absolute Gasteiger partial charge is 0.118 e. The van der Waals surface area contributed by atoms with Crippen LogP contribution < -0.4 is 11.6 Å². The van der Waals surface area contributed by atoms with Gasteiger partial charge < -0.3 is 5.73 Å². The van der Waals surface area contributed by atoms with Crippen LogP contribution in [0.5, 0.6) is 0 Å². The van der Waals surface area contributed by atoms with Gasteiger partial charge in [0.25, 0.3) is 0 Å².